The standard InChI is InChI=1S/C27H25NO3/c1-2-8-20(17-18-28-26(29)24-11-6-7-12-25(24)27(28)30)19-31-23-15-13-22(14-16-23)21-9-4-3-5-10-21/h2-7,9-16,20H,1,8,17-19H2. The molecule has 4 rings (SSSR count). The Hall–Kier alpha value is -3.66. The molecule has 0 saturated heterocycles. The molecule has 1 aliphatic heterocycles. The SMILES string of the molecule is C=CCC(CCN1C(=O)c2ccccc2C1=O)COc1ccc(-c2ccccc2)cc1. The second-order valence-corrected chi connectivity index (χ2v) is 7.69. The van der Waals surface area contributed by atoms with Crippen molar-refractivity contribution in [2.24, 2.45) is 5.92 Å². The van der Waals surface area contributed by atoms with E-state index in [1.54, 1.807) is 24.3 Å². The molecule has 0 N–H and O–H groups in total. The van der Waals surface area contributed by atoms with Crippen LogP contribution in [0.4, 0.5) is 0 Å². The van der Waals surface area contributed by atoms with Crippen molar-refractivity contribution in [3.05, 3.63) is 103 Å². The first-order valence-corrected chi connectivity index (χ1v) is 10.5. The maximum atomic E-state index is 12.6. The molecule has 1 atom stereocenters. The van der Waals surface area contributed by atoms with Crippen LogP contribution in [-0.2, 0) is 0 Å². The highest BCUT2D eigenvalue weighted by Gasteiger charge is 2.34. The Labute approximate surface area is 182 Å². The van der Waals surface area contributed by atoms with E-state index in [0.717, 1.165) is 17.7 Å². The molecule has 0 aliphatic carbocycles. The fourth-order valence-corrected chi connectivity index (χ4v) is 3.85. The van der Waals surface area contributed by atoms with Gasteiger partial charge in [0.1, 0.15) is 5.75 Å². The summed E-state index contributed by atoms with van der Waals surface area (Å²) in [6.45, 7) is 4.72. The van der Waals surface area contributed by atoms with E-state index >= 15 is 0 Å². The normalized spacial score (nSPS) is 13.7. The highest BCUT2D eigenvalue weighted by Crippen LogP contribution is 2.25. The predicted molar refractivity (Wildman–Crippen MR) is 122 cm³/mol. The number of imide groups is 1. The Morgan fingerprint density at radius 3 is 2.00 bits per heavy atom. The van der Waals surface area contributed by atoms with Gasteiger partial charge in [-0.1, -0.05) is 60.7 Å². The summed E-state index contributed by atoms with van der Waals surface area (Å²) in [5.41, 5.74) is 3.28. The van der Waals surface area contributed by atoms with Gasteiger partial charge in [0, 0.05) is 6.54 Å². The lowest BCUT2D eigenvalue weighted by Gasteiger charge is -2.20. The third-order valence-corrected chi connectivity index (χ3v) is 5.59. The number of benzene rings is 3. The second kappa shape index (κ2) is 9.43. The Morgan fingerprint density at radius 1 is 0.806 bits per heavy atom. The summed E-state index contributed by atoms with van der Waals surface area (Å²) >= 11 is 0. The summed E-state index contributed by atoms with van der Waals surface area (Å²) in [5.74, 6) is 0.538. The van der Waals surface area contributed by atoms with Gasteiger partial charge in [-0.05, 0) is 54.2 Å². The number of nitrogens with zero attached hydrogens (tertiary/aromatic N) is 1. The minimum absolute atomic E-state index is 0.163. The van der Waals surface area contributed by atoms with Crippen LogP contribution in [0, 0.1) is 5.92 Å². The van der Waals surface area contributed by atoms with E-state index < -0.39 is 0 Å². The van der Waals surface area contributed by atoms with E-state index in [0.29, 0.717) is 30.7 Å². The van der Waals surface area contributed by atoms with Crippen molar-refractivity contribution in [3.63, 3.8) is 0 Å². The summed E-state index contributed by atoms with van der Waals surface area (Å²) in [6.07, 6.45) is 3.28. The Morgan fingerprint density at radius 2 is 1.39 bits per heavy atom. The van der Waals surface area contributed by atoms with Crippen LogP contribution in [0.5, 0.6) is 5.75 Å². The Bertz CT molecular complexity index is 1040. The molecule has 1 aliphatic rings. The zero-order chi connectivity index (χ0) is 21.6. The summed E-state index contributed by atoms with van der Waals surface area (Å²) in [5, 5.41) is 0. The van der Waals surface area contributed by atoms with E-state index in [-0.39, 0.29) is 17.7 Å². The van der Waals surface area contributed by atoms with Gasteiger partial charge >= 0.3 is 0 Å². The molecule has 3 aromatic carbocycles. The highest BCUT2D eigenvalue weighted by atomic mass is 16.5. The first kappa shape index (κ1) is 20.6. The summed E-state index contributed by atoms with van der Waals surface area (Å²) < 4.78 is 6.01. The van der Waals surface area contributed by atoms with E-state index in [2.05, 4.69) is 18.7 Å². The molecule has 156 valence electrons. The summed E-state index contributed by atoms with van der Waals surface area (Å²) in [4.78, 5) is 26.5. The van der Waals surface area contributed by atoms with E-state index in [4.69, 9.17) is 4.74 Å². The van der Waals surface area contributed by atoms with Gasteiger partial charge in [-0.3, -0.25) is 14.5 Å². The van der Waals surface area contributed by atoms with Crippen LogP contribution < -0.4 is 4.74 Å². The van der Waals surface area contributed by atoms with Crippen molar-refractivity contribution in [2.45, 2.75) is 12.8 Å². The molecule has 0 radical (unpaired) electrons. The molecule has 0 bridgehead atoms. The quantitative estimate of drug-likeness (QED) is 0.340. The number of hydrogen-bond acceptors (Lipinski definition) is 3. The van der Waals surface area contributed by atoms with Gasteiger partial charge < -0.3 is 4.74 Å². The third-order valence-electron chi connectivity index (χ3n) is 5.59. The molecule has 1 heterocycles. The Balaban J connectivity index is 1.34. The van der Waals surface area contributed by atoms with Gasteiger partial charge in [-0.15, -0.1) is 6.58 Å². The van der Waals surface area contributed by atoms with E-state index in [1.807, 2.05) is 48.5 Å². The number of amides is 2. The van der Waals surface area contributed by atoms with Gasteiger partial charge in [0.05, 0.1) is 17.7 Å². The molecular weight excluding hydrogens is 386 g/mol. The molecule has 0 saturated carbocycles. The molecule has 0 aromatic heterocycles. The average Bonchev–Trinajstić information content (AvgIpc) is 3.06. The van der Waals surface area contributed by atoms with Crippen molar-refractivity contribution in [1.82, 2.24) is 4.90 Å². The fraction of sp³-hybridized carbons (Fsp3) is 0.185. The lowest BCUT2D eigenvalue weighted by Crippen LogP contribution is -2.32. The maximum Gasteiger partial charge on any atom is 0.261 e. The van der Waals surface area contributed by atoms with Crippen molar-refractivity contribution in [3.8, 4) is 16.9 Å². The van der Waals surface area contributed by atoms with E-state index in [9.17, 15) is 9.59 Å². The van der Waals surface area contributed by atoms with Crippen molar-refractivity contribution in [2.75, 3.05) is 13.2 Å². The number of fused-ring (bicyclic) bond motifs is 1. The van der Waals surface area contributed by atoms with Gasteiger partial charge in [0.15, 0.2) is 0 Å². The van der Waals surface area contributed by atoms with Crippen LogP contribution >= 0.6 is 0 Å². The smallest absolute Gasteiger partial charge is 0.261 e. The topological polar surface area (TPSA) is 46.6 Å². The number of allylic oxidation sites excluding steroid dienone is 1. The van der Waals surface area contributed by atoms with Crippen molar-refractivity contribution in [1.29, 1.82) is 0 Å². The zero-order valence-corrected chi connectivity index (χ0v) is 17.4. The zero-order valence-electron chi connectivity index (χ0n) is 17.4. The highest BCUT2D eigenvalue weighted by molar-refractivity contribution is 6.21. The molecule has 2 amide bonds. The van der Waals surface area contributed by atoms with Crippen LogP contribution in [-0.4, -0.2) is 29.9 Å². The summed E-state index contributed by atoms with van der Waals surface area (Å²) in [7, 11) is 0. The first-order chi connectivity index (χ1) is 15.2. The van der Waals surface area contributed by atoms with Gasteiger partial charge in [0.2, 0.25) is 0 Å². The first-order valence-electron chi connectivity index (χ1n) is 10.5. The van der Waals surface area contributed by atoms with Crippen LogP contribution in [0.3, 0.4) is 0 Å². The number of hydrogen-bond donors (Lipinski definition) is 0. The van der Waals surface area contributed by atoms with Gasteiger partial charge in [-0.2, -0.15) is 0 Å². The van der Waals surface area contributed by atoms with E-state index in [1.165, 1.54) is 10.5 Å². The lowest BCUT2D eigenvalue weighted by atomic mass is 10.0. The Kier molecular flexibility index (Phi) is 6.27. The largest absolute Gasteiger partial charge is 0.493 e. The minimum Gasteiger partial charge on any atom is -0.493 e. The molecule has 4 heteroatoms. The summed E-state index contributed by atoms with van der Waals surface area (Å²) in [6, 6.07) is 25.2. The van der Waals surface area contributed by atoms with Crippen LogP contribution in [0.15, 0.2) is 91.5 Å². The molecular formula is C27H25NO3. The average molecular weight is 412 g/mol. The van der Waals surface area contributed by atoms with Gasteiger partial charge in [-0.25, -0.2) is 0 Å². The molecule has 31 heavy (non-hydrogen) atoms. The number of rotatable bonds is 9. The molecule has 3 aromatic rings. The van der Waals surface area contributed by atoms with Crippen LogP contribution in [0.25, 0.3) is 11.1 Å². The van der Waals surface area contributed by atoms with Crippen molar-refractivity contribution < 1.29 is 14.3 Å². The maximum absolute atomic E-state index is 12.6. The van der Waals surface area contributed by atoms with Crippen LogP contribution in [0.1, 0.15) is 33.6 Å². The van der Waals surface area contributed by atoms with Crippen molar-refractivity contribution >= 4 is 11.8 Å². The van der Waals surface area contributed by atoms with Gasteiger partial charge in [0.25, 0.3) is 11.8 Å². The number of carbonyl (C=O) groups is 2. The molecule has 1 unspecified atom stereocenters. The number of carbonyl (C=O) groups excluding carboxylic acids is 2. The molecule has 0 fully saturated rings. The predicted octanol–water partition coefficient (Wildman–Crippen LogP) is 5.61. The number of ether oxygens (including phenoxy) is 1. The molecule has 0 spiro atoms. The minimum atomic E-state index is -0.213. The second-order valence-electron chi connectivity index (χ2n) is 7.69. The lowest BCUT2D eigenvalue weighted by molar-refractivity contribution is 0.0640. The van der Waals surface area contributed by atoms with Crippen LogP contribution in [0.2, 0.25) is 0 Å². The fourth-order valence-electron chi connectivity index (χ4n) is 3.85. The molecule has 4 nitrogen and oxygen atoms in total. The monoisotopic (exact) mass is 411 g/mol. The third kappa shape index (κ3) is 4.58.